The number of alkyl halides is 1. The lowest BCUT2D eigenvalue weighted by molar-refractivity contribution is 0.303. The number of H-pyrrole nitrogens is 1. The zero-order valence-electron chi connectivity index (χ0n) is 15.4. The number of hydrogen-bond donors (Lipinski definition) is 2. The van der Waals surface area contributed by atoms with Crippen molar-refractivity contribution >= 4 is 21.7 Å². The molecule has 4 aromatic rings. The highest BCUT2D eigenvalue weighted by atomic mass is 19.1. The van der Waals surface area contributed by atoms with Crippen molar-refractivity contribution in [2.45, 2.75) is 19.7 Å². The van der Waals surface area contributed by atoms with Crippen molar-refractivity contribution < 1.29 is 9.13 Å². The summed E-state index contributed by atoms with van der Waals surface area (Å²) in [7, 11) is 1.93. The first kappa shape index (κ1) is 17.6. The van der Waals surface area contributed by atoms with E-state index < -0.39 is 6.67 Å². The second kappa shape index (κ2) is 7.80. The number of hydrogen-bond acceptors (Lipinski definition) is 2. The number of nitrogens with one attached hydrogen (secondary N) is 2. The maximum Gasteiger partial charge on any atom is 0.135 e. The number of rotatable bonds is 7. The quantitative estimate of drug-likeness (QED) is 0.478. The average Bonchev–Trinajstić information content (AvgIpc) is 3.13. The van der Waals surface area contributed by atoms with Gasteiger partial charge in [-0.25, -0.2) is 4.39 Å². The summed E-state index contributed by atoms with van der Waals surface area (Å²) < 4.78 is 19.9. The predicted octanol–water partition coefficient (Wildman–Crippen LogP) is 5.13. The SMILES string of the molecule is CNCCc1c[nH]c2ccc(CF)c(OCc3cccc4ccccc34)c12. The van der Waals surface area contributed by atoms with Gasteiger partial charge in [0.1, 0.15) is 19.0 Å². The molecule has 0 aliphatic rings. The number of aromatic nitrogens is 1. The first-order valence-corrected chi connectivity index (χ1v) is 9.23. The molecule has 0 aliphatic heterocycles. The van der Waals surface area contributed by atoms with Crippen LogP contribution >= 0.6 is 0 Å². The molecule has 0 unspecified atom stereocenters. The Hall–Kier alpha value is -2.85. The minimum atomic E-state index is -0.544. The van der Waals surface area contributed by atoms with Crippen LogP contribution in [0.5, 0.6) is 5.75 Å². The van der Waals surface area contributed by atoms with Crippen molar-refractivity contribution in [2.24, 2.45) is 0 Å². The van der Waals surface area contributed by atoms with E-state index in [2.05, 4.69) is 34.6 Å². The highest BCUT2D eigenvalue weighted by molar-refractivity contribution is 5.91. The summed E-state index contributed by atoms with van der Waals surface area (Å²) in [6.45, 7) is 0.719. The number of ether oxygens (including phenoxy) is 1. The number of likely N-dealkylation sites (N-methyl/N-ethyl adjacent to an activating group) is 1. The van der Waals surface area contributed by atoms with E-state index in [0.717, 1.165) is 35.0 Å². The Kier molecular flexibility index (Phi) is 5.07. The molecule has 4 rings (SSSR count). The van der Waals surface area contributed by atoms with Gasteiger partial charge < -0.3 is 15.0 Å². The first-order valence-electron chi connectivity index (χ1n) is 9.23. The van der Waals surface area contributed by atoms with Gasteiger partial charge in [-0.3, -0.25) is 0 Å². The second-order valence-electron chi connectivity index (χ2n) is 6.70. The Morgan fingerprint density at radius 2 is 1.81 bits per heavy atom. The van der Waals surface area contributed by atoms with Crippen molar-refractivity contribution in [3.05, 3.63) is 77.5 Å². The van der Waals surface area contributed by atoms with Crippen molar-refractivity contribution in [3.8, 4) is 5.75 Å². The van der Waals surface area contributed by atoms with Crippen LogP contribution in [0.15, 0.2) is 60.8 Å². The molecule has 2 N–H and O–H groups in total. The van der Waals surface area contributed by atoms with E-state index in [1.807, 2.05) is 37.5 Å². The summed E-state index contributed by atoms with van der Waals surface area (Å²) in [5.74, 6) is 0.648. The van der Waals surface area contributed by atoms with Gasteiger partial charge in [0.25, 0.3) is 0 Å². The molecule has 0 radical (unpaired) electrons. The molecule has 3 aromatic carbocycles. The molecule has 0 fully saturated rings. The first-order chi connectivity index (χ1) is 13.3. The van der Waals surface area contributed by atoms with Crippen molar-refractivity contribution in [1.29, 1.82) is 0 Å². The Morgan fingerprint density at radius 3 is 2.67 bits per heavy atom. The van der Waals surface area contributed by atoms with Crippen LogP contribution in [-0.4, -0.2) is 18.6 Å². The van der Waals surface area contributed by atoms with Gasteiger partial charge in [-0.15, -0.1) is 0 Å². The van der Waals surface area contributed by atoms with Gasteiger partial charge in [0, 0.05) is 22.7 Å². The molecule has 4 heteroatoms. The molecule has 3 nitrogen and oxygen atoms in total. The molecule has 0 amide bonds. The zero-order valence-corrected chi connectivity index (χ0v) is 15.4. The van der Waals surface area contributed by atoms with Crippen LogP contribution in [0.4, 0.5) is 4.39 Å². The molecule has 138 valence electrons. The van der Waals surface area contributed by atoms with E-state index in [1.54, 1.807) is 6.07 Å². The summed E-state index contributed by atoms with van der Waals surface area (Å²) in [5, 5.41) is 6.50. The molecule has 1 heterocycles. The molecule has 0 aliphatic carbocycles. The standard InChI is InChI=1S/C23H23FN2O/c1-25-12-11-18-14-26-21-10-9-17(13-24)23(22(18)21)27-15-19-7-4-6-16-5-2-3-8-20(16)19/h2-10,14,25-26H,11-13,15H2,1H3. The summed E-state index contributed by atoms with van der Waals surface area (Å²) >= 11 is 0. The number of aromatic amines is 1. The smallest absolute Gasteiger partial charge is 0.135 e. The Bertz CT molecular complexity index is 1070. The fraction of sp³-hybridized carbons (Fsp3) is 0.217. The normalized spacial score (nSPS) is 11.3. The van der Waals surface area contributed by atoms with Gasteiger partial charge in [0.05, 0.1) is 0 Å². The van der Waals surface area contributed by atoms with Crippen molar-refractivity contribution in [3.63, 3.8) is 0 Å². The van der Waals surface area contributed by atoms with Crippen LogP contribution in [0.2, 0.25) is 0 Å². The van der Waals surface area contributed by atoms with E-state index >= 15 is 0 Å². The number of halogens is 1. The molecule has 27 heavy (non-hydrogen) atoms. The fourth-order valence-electron chi connectivity index (χ4n) is 3.60. The zero-order chi connectivity index (χ0) is 18.6. The molecular weight excluding hydrogens is 339 g/mol. The summed E-state index contributed by atoms with van der Waals surface area (Å²) in [6, 6.07) is 18.2. The fourth-order valence-corrected chi connectivity index (χ4v) is 3.60. The topological polar surface area (TPSA) is 37.0 Å². The number of benzene rings is 3. The average molecular weight is 362 g/mol. The van der Waals surface area contributed by atoms with Crippen LogP contribution in [-0.2, 0) is 19.7 Å². The van der Waals surface area contributed by atoms with E-state index in [4.69, 9.17) is 4.74 Å². The van der Waals surface area contributed by atoms with Gasteiger partial charge in [0.15, 0.2) is 0 Å². The highest BCUT2D eigenvalue weighted by Crippen LogP contribution is 2.34. The van der Waals surface area contributed by atoms with E-state index in [0.29, 0.717) is 17.9 Å². The Morgan fingerprint density at radius 1 is 0.963 bits per heavy atom. The maximum atomic E-state index is 13.7. The van der Waals surface area contributed by atoms with Crippen LogP contribution in [0.25, 0.3) is 21.7 Å². The van der Waals surface area contributed by atoms with Gasteiger partial charge in [-0.2, -0.15) is 0 Å². The summed E-state index contributed by atoms with van der Waals surface area (Å²) in [5.41, 5.74) is 3.81. The second-order valence-corrected chi connectivity index (χ2v) is 6.70. The Labute approximate surface area is 158 Å². The molecule has 0 saturated carbocycles. The highest BCUT2D eigenvalue weighted by Gasteiger charge is 2.15. The minimum absolute atomic E-state index is 0.407. The van der Waals surface area contributed by atoms with Gasteiger partial charge >= 0.3 is 0 Å². The van der Waals surface area contributed by atoms with Crippen molar-refractivity contribution in [2.75, 3.05) is 13.6 Å². The molecule has 0 spiro atoms. The monoisotopic (exact) mass is 362 g/mol. The largest absolute Gasteiger partial charge is 0.488 e. The summed E-state index contributed by atoms with van der Waals surface area (Å²) in [6.07, 6.45) is 2.85. The van der Waals surface area contributed by atoms with E-state index in [1.165, 1.54) is 10.8 Å². The van der Waals surface area contributed by atoms with Gasteiger partial charge in [0.2, 0.25) is 0 Å². The van der Waals surface area contributed by atoms with Crippen LogP contribution in [0.1, 0.15) is 16.7 Å². The molecule has 1 aromatic heterocycles. The van der Waals surface area contributed by atoms with Crippen LogP contribution < -0.4 is 10.1 Å². The third-order valence-corrected chi connectivity index (χ3v) is 5.00. The number of fused-ring (bicyclic) bond motifs is 2. The predicted molar refractivity (Wildman–Crippen MR) is 109 cm³/mol. The minimum Gasteiger partial charge on any atom is -0.488 e. The van der Waals surface area contributed by atoms with E-state index in [9.17, 15) is 4.39 Å². The van der Waals surface area contributed by atoms with Crippen molar-refractivity contribution in [1.82, 2.24) is 10.3 Å². The Balaban J connectivity index is 1.72. The van der Waals surface area contributed by atoms with Gasteiger partial charge in [-0.05, 0) is 48.0 Å². The lowest BCUT2D eigenvalue weighted by Gasteiger charge is -2.14. The van der Waals surface area contributed by atoms with Gasteiger partial charge in [-0.1, -0.05) is 48.5 Å². The molecule has 0 bridgehead atoms. The molecular formula is C23H23FN2O. The van der Waals surface area contributed by atoms with Crippen LogP contribution in [0, 0.1) is 0 Å². The van der Waals surface area contributed by atoms with Crippen LogP contribution in [0.3, 0.4) is 0 Å². The molecule has 0 atom stereocenters. The lowest BCUT2D eigenvalue weighted by Crippen LogP contribution is -2.10. The molecule has 0 saturated heterocycles. The third kappa shape index (κ3) is 3.40. The maximum absolute atomic E-state index is 13.7. The third-order valence-electron chi connectivity index (χ3n) is 5.00. The summed E-state index contributed by atoms with van der Waals surface area (Å²) in [4.78, 5) is 3.29. The van der Waals surface area contributed by atoms with E-state index in [-0.39, 0.29) is 0 Å². The lowest BCUT2D eigenvalue weighted by atomic mass is 10.0.